The zero-order valence-electron chi connectivity index (χ0n) is 14.3. The molecule has 0 aliphatic carbocycles. The molecule has 134 valence electrons. The highest BCUT2D eigenvalue weighted by Gasteiger charge is 2.20. The Morgan fingerprint density at radius 3 is 2.42 bits per heavy atom. The maximum absolute atomic E-state index is 12.1. The Hall–Kier alpha value is -1.44. The van der Waals surface area contributed by atoms with E-state index in [1.165, 1.54) is 0 Å². The Balaban J connectivity index is 1.68. The number of carbonyl (C=O) groups excluding carboxylic acids is 1. The van der Waals surface area contributed by atoms with Crippen LogP contribution in [-0.2, 0) is 21.2 Å². The van der Waals surface area contributed by atoms with Gasteiger partial charge in [-0.25, -0.2) is 13.1 Å². The molecule has 7 heteroatoms. The van der Waals surface area contributed by atoms with Crippen LogP contribution in [0, 0.1) is 0 Å². The van der Waals surface area contributed by atoms with Gasteiger partial charge in [0, 0.05) is 39.1 Å². The molecule has 1 saturated heterocycles. The topological polar surface area (TPSA) is 69.7 Å². The van der Waals surface area contributed by atoms with E-state index >= 15 is 0 Å². The Labute approximate surface area is 144 Å². The second-order valence-electron chi connectivity index (χ2n) is 6.01. The van der Waals surface area contributed by atoms with Crippen molar-refractivity contribution in [3.8, 4) is 0 Å². The summed E-state index contributed by atoms with van der Waals surface area (Å²) in [7, 11) is -3.35. The summed E-state index contributed by atoms with van der Waals surface area (Å²) in [4.78, 5) is 16.3. The molecular weight excluding hydrogens is 326 g/mol. The summed E-state index contributed by atoms with van der Waals surface area (Å²) in [5.41, 5.74) is 0.993. The average Bonchev–Trinajstić information content (AvgIpc) is 2.61. The maximum atomic E-state index is 12.1. The summed E-state index contributed by atoms with van der Waals surface area (Å²) in [6.45, 7) is 6.53. The van der Waals surface area contributed by atoms with Crippen molar-refractivity contribution in [1.29, 1.82) is 0 Å². The number of benzene rings is 1. The van der Waals surface area contributed by atoms with Gasteiger partial charge in [0.1, 0.15) is 0 Å². The summed E-state index contributed by atoms with van der Waals surface area (Å²) in [6.07, 6.45) is 0.694. The molecule has 0 aromatic heterocycles. The van der Waals surface area contributed by atoms with Crippen LogP contribution in [0.3, 0.4) is 0 Å². The van der Waals surface area contributed by atoms with Gasteiger partial charge in [-0.3, -0.25) is 4.79 Å². The highest BCUT2D eigenvalue weighted by molar-refractivity contribution is 7.89. The summed E-state index contributed by atoms with van der Waals surface area (Å²) >= 11 is 0. The molecule has 0 unspecified atom stereocenters. The molecule has 1 aliphatic rings. The molecule has 1 heterocycles. The lowest BCUT2D eigenvalue weighted by molar-refractivity contribution is -0.132. The van der Waals surface area contributed by atoms with Crippen LogP contribution in [0.1, 0.15) is 18.9 Å². The summed E-state index contributed by atoms with van der Waals surface area (Å²) in [5.74, 6) is 0.0666. The third-order valence-electron chi connectivity index (χ3n) is 4.34. The predicted octanol–water partition coefficient (Wildman–Crippen LogP) is 0.703. The van der Waals surface area contributed by atoms with Gasteiger partial charge in [-0.05, 0) is 18.5 Å². The number of piperazine rings is 1. The Bertz CT molecular complexity index is 611. The number of hydrogen-bond donors (Lipinski definition) is 1. The zero-order valence-corrected chi connectivity index (χ0v) is 15.1. The quantitative estimate of drug-likeness (QED) is 0.747. The second-order valence-corrected chi connectivity index (χ2v) is 7.94. The second kappa shape index (κ2) is 9.15. The van der Waals surface area contributed by atoms with Gasteiger partial charge in [0.05, 0.1) is 5.75 Å². The standard InChI is InChI=1S/C17H27N3O3S/c1-2-19-11-13-20(14-12-19)17(21)8-10-18-24(22,23)15-9-16-6-4-3-5-7-16/h3-7,18H,2,8-15H2,1H3. The first-order chi connectivity index (χ1) is 11.5. The average molecular weight is 353 g/mol. The van der Waals surface area contributed by atoms with Gasteiger partial charge < -0.3 is 9.80 Å². The number of carbonyl (C=O) groups is 1. The summed E-state index contributed by atoms with van der Waals surface area (Å²) in [5, 5.41) is 0. The lowest BCUT2D eigenvalue weighted by atomic mass is 10.2. The molecule has 1 aromatic rings. The van der Waals surface area contributed by atoms with Gasteiger partial charge in [-0.15, -0.1) is 0 Å². The fourth-order valence-corrected chi connectivity index (χ4v) is 3.82. The Morgan fingerprint density at radius 1 is 1.12 bits per heavy atom. The van der Waals surface area contributed by atoms with Crippen LogP contribution in [0.5, 0.6) is 0 Å². The first kappa shape index (κ1) is 18.9. The summed E-state index contributed by atoms with van der Waals surface area (Å²) < 4.78 is 26.5. The normalized spacial score (nSPS) is 16.3. The number of likely N-dealkylation sites (N-methyl/N-ethyl adjacent to an activating group) is 1. The molecule has 2 rings (SSSR count). The van der Waals surface area contributed by atoms with Gasteiger partial charge in [-0.1, -0.05) is 37.3 Å². The van der Waals surface area contributed by atoms with Gasteiger partial charge in [0.25, 0.3) is 0 Å². The van der Waals surface area contributed by atoms with E-state index in [1.54, 1.807) is 0 Å². The fourth-order valence-electron chi connectivity index (χ4n) is 2.75. The molecule has 1 aliphatic heterocycles. The van der Waals surface area contributed by atoms with E-state index in [9.17, 15) is 13.2 Å². The molecule has 1 N–H and O–H groups in total. The van der Waals surface area contributed by atoms with Crippen LogP contribution in [-0.4, -0.2) is 69.1 Å². The first-order valence-corrected chi connectivity index (χ1v) is 10.2. The molecule has 24 heavy (non-hydrogen) atoms. The van der Waals surface area contributed by atoms with Crippen molar-refractivity contribution in [3.05, 3.63) is 35.9 Å². The molecular formula is C17H27N3O3S. The number of aryl methyl sites for hydroxylation is 1. The number of rotatable bonds is 8. The minimum Gasteiger partial charge on any atom is -0.340 e. The van der Waals surface area contributed by atoms with E-state index in [4.69, 9.17) is 0 Å². The first-order valence-electron chi connectivity index (χ1n) is 8.51. The number of nitrogens with zero attached hydrogens (tertiary/aromatic N) is 2. The van der Waals surface area contributed by atoms with Crippen LogP contribution >= 0.6 is 0 Å². The van der Waals surface area contributed by atoms with Gasteiger partial charge >= 0.3 is 0 Å². The highest BCUT2D eigenvalue weighted by atomic mass is 32.2. The number of hydrogen-bond acceptors (Lipinski definition) is 4. The molecule has 0 spiro atoms. The molecule has 0 bridgehead atoms. The van der Waals surface area contributed by atoms with Crippen LogP contribution in [0.25, 0.3) is 0 Å². The SMILES string of the molecule is CCN1CCN(C(=O)CCNS(=O)(=O)CCc2ccccc2)CC1. The van der Waals surface area contributed by atoms with E-state index in [1.807, 2.05) is 35.2 Å². The van der Waals surface area contributed by atoms with E-state index in [0.29, 0.717) is 6.42 Å². The van der Waals surface area contributed by atoms with E-state index in [2.05, 4.69) is 16.5 Å². The molecule has 0 saturated carbocycles. The number of nitrogens with one attached hydrogen (secondary N) is 1. The van der Waals surface area contributed by atoms with Gasteiger partial charge in [-0.2, -0.15) is 0 Å². The molecule has 1 fully saturated rings. The smallest absolute Gasteiger partial charge is 0.223 e. The van der Waals surface area contributed by atoms with Gasteiger partial charge in [0.2, 0.25) is 15.9 Å². The number of sulfonamides is 1. The van der Waals surface area contributed by atoms with Crippen LogP contribution in [0.15, 0.2) is 30.3 Å². The molecule has 0 atom stereocenters. The van der Waals surface area contributed by atoms with Crippen LogP contribution < -0.4 is 4.72 Å². The van der Waals surface area contributed by atoms with Gasteiger partial charge in [0.15, 0.2) is 0 Å². The molecule has 0 radical (unpaired) electrons. The molecule has 6 nitrogen and oxygen atoms in total. The lowest BCUT2D eigenvalue weighted by Crippen LogP contribution is -2.49. The van der Waals surface area contributed by atoms with E-state index < -0.39 is 10.0 Å². The van der Waals surface area contributed by atoms with Crippen molar-refractivity contribution >= 4 is 15.9 Å². The summed E-state index contributed by atoms with van der Waals surface area (Å²) in [6, 6.07) is 9.52. The highest BCUT2D eigenvalue weighted by Crippen LogP contribution is 2.04. The maximum Gasteiger partial charge on any atom is 0.223 e. The van der Waals surface area contributed by atoms with Crippen molar-refractivity contribution in [2.24, 2.45) is 0 Å². The predicted molar refractivity (Wildman–Crippen MR) is 95.2 cm³/mol. The van der Waals surface area contributed by atoms with Crippen molar-refractivity contribution in [3.63, 3.8) is 0 Å². The van der Waals surface area contributed by atoms with Crippen LogP contribution in [0.2, 0.25) is 0 Å². The van der Waals surface area contributed by atoms with Crippen molar-refractivity contribution < 1.29 is 13.2 Å². The van der Waals surface area contributed by atoms with E-state index in [-0.39, 0.29) is 24.6 Å². The molecule has 1 aromatic carbocycles. The number of amides is 1. The van der Waals surface area contributed by atoms with Crippen molar-refractivity contribution in [1.82, 2.24) is 14.5 Å². The third-order valence-corrected chi connectivity index (χ3v) is 5.72. The van der Waals surface area contributed by atoms with E-state index in [0.717, 1.165) is 38.3 Å². The monoisotopic (exact) mass is 353 g/mol. The minimum absolute atomic E-state index is 0.0245. The lowest BCUT2D eigenvalue weighted by Gasteiger charge is -2.34. The molecule has 1 amide bonds. The van der Waals surface area contributed by atoms with Crippen molar-refractivity contribution in [2.45, 2.75) is 19.8 Å². The third kappa shape index (κ3) is 6.22. The van der Waals surface area contributed by atoms with Crippen molar-refractivity contribution in [2.75, 3.05) is 45.0 Å². The van der Waals surface area contributed by atoms with Crippen LogP contribution in [0.4, 0.5) is 0 Å². The Kier molecular flexibility index (Phi) is 7.20. The minimum atomic E-state index is -3.35. The zero-order chi connectivity index (χ0) is 17.4. The fraction of sp³-hybridized carbons (Fsp3) is 0.588. The largest absolute Gasteiger partial charge is 0.340 e. The Morgan fingerprint density at radius 2 is 1.79 bits per heavy atom.